The lowest BCUT2D eigenvalue weighted by Gasteiger charge is -2.11. The SMILES string of the molecule is N#CC(C(=O)CCC1CCCO1)c1cccc(Cl)c1. The summed E-state index contributed by atoms with van der Waals surface area (Å²) in [6, 6.07) is 9.01. The van der Waals surface area contributed by atoms with E-state index in [9.17, 15) is 10.1 Å². The zero-order valence-corrected chi connectivity index (χ0v) is 11.4. The predicted octanol–water partition coefficient (Wildman–Crippen LogP) is 3.48. The molecule has 0 bridgehead atoms. The molecular formula is C15H16ClNO2. The minimum atomic E-state index is -0.722. The Bertz CT molecular complexity index is 489. The first-order valence-electron chi connectivity index (χ1n) is 6.50. The van der Waals surface area contributed by atoms with E-state index in [0.29, 0.717) is 23.4 Å². The number of benzene rings is 1. The number of carbonyl (C=O) groups is 1. The molecule has 1 aliphatic heterocycles. The fourth-order valence-electron chi connectivity index (χ4n) is 2.34. The number of hydrogen-bond acceptors (Lipinski definition) is 3. The fourth-order valence-corrected chi connectivity index (χ4v) is 2.54. The number of halogens is 1. The maximum absolute atomic E-state index is 12.1. The molecule has 0 amide bonds. The number of nitrogens with zero attached hydrogens (tertiary/aromatic N) is 1. The molecule has 0 saturated carbocycles. The van der Waals surface area contributed by atoms with Gasteiger partial charge in [-0.1, -0.05) is 23.7 Å². The van der Waals surface area contributed by atoms with Crippen molar-refractivity contribution in [3.63, 3.8) is 0 Å². The maximum Gasteiger partial charge on any atom is 0.154 e. The third-order valence-electron chi connectivity index (χ3n) is 3.37. The minimum Gasteiger partial charge on any atom is -0.378 e. The Morgan fingerprint density at radius 2 is 2.42 bits per heavy atom. The third kappa shape index (κ3) is 3.79. The van der Waals surface area contributed by atoms with Gasteiger partial charge in [-0.2, -0.15) is 5.26 Å². The Balaban J connectivity index is 1.97. The second kappa shape index (κ2) is 6.70. The van der Waals surface area contributed by atoms with Gasteiger partial charge in [0, 0.05) is 18.1 Å². The van der Waals surface area contributed by atoms with Crippen LogP contribution in [0.4, 0.5) is 0 Å². The summed E-state index contributed by atoms with van der Waals surface area (Å²) >= 11 is 5.89. The number of Topliss-reactive ketones (excluding diaryl/α,β-unsaturated/α-hetero) is 1. The summed E-state index contributed by atoms with van der Waals surface area (Å²) in [5.41, 5.74) is 0.673. The highest BCUT2D eigenvalue weighted by Crippen LogP contribution is 2.24. The van der Waals surface area contributed by atoms with Crippen LogP contribution in [-0.2, 0) is 9.53 Å². The summed E-state index contributed by atoms with van der Waals surface area (Å²) in [7, 11) is 0. The maximum atomic E-state index is 12.1. The summed E-state index contributed by atoms with van der Waals surface area (Å²) in [6.45, 7) is 0.787. The van der Waals surface area contributed by atoms with Crippen LogP contribution >= 0.6 is 11.6 Å². The van der Waals surface area contributed by atoms with E-state index in [0.717, 1.165) is 19.4 Å². The van der Waals surface area contributed by atoms with Crippen molar-refractivity contribution >= 4 is 17.4 Å². The largest absolute Gasteiger partial charge is 0.378 e. The van der Waals surface area contributed by atoms with Crippen LogP contribution in [0.2, 0.25) is 5.02 Å². The molecule has 0 aromatic heterocycles. The molecule has 0 aliphatic carbocycles. The molecule has 100 valence electrons. The van der Waals surface area contributed by atoms with Crippen molar-refractivity contribution in [1.29, 1.82) is 5.26 Å². The van der Waals surface area contributed by atoms with Gasteiger partial charge in [0.2, 0.25) is 0 Å². The van der Waals surface area contributed by atoms with E-state index in [4.69, 9.17) is 16.3 Å². The molecule has 2 unspecified atom stereocenters. The Labute approximate surface area is 118 Å². The molecule has 0 radical (unpaired) electrons. The number of hydrogen-bond donors (Lipinski definition) is 0. The molecule has 2 rings (SSSR count). The Hall–Kier alpha value is -1.37. The number of ether oxygens (including phenoxy) is 1. The van der Waals surface area contributed by atoms with Gasteiger partial charge in [-0.05, 0) is 37.0 Å². The van der Waals surface area contributed by atoms with E-state index in [1.165, 1.54) is 0 Å². The number of ketones is 1. The van der Waals surface area contributed by atoms with Gasteiger partial charge in [0.1, 0.15) is 5.92 Å². The van der Waals surface area contributed by atoms with E-state index < -0.39 is 5.92 Å². The van der Waals surface area contributed by atoms with Crippen molar-refractivity contribution in [2.24, 2.45) is 0 Å². The van der Waals surface area contributed by atoms with Gasteiger partial charge in [-0.15, -0.1) is 0 Å². The Morgan fingerprint density at radius 3 is 3.05 bits per heavy atom. The van der Waals surface area contributed by atoms with Gasteiger partial charge in [-0.25, -0.2) is 0 Å². The van der Waals surface area contributed by atoms with Crippen LogP contribution in [0.5, 0.6) is 0 Å². The van der Waals surface area contributed by atoms with Gasteiger partial charge in [-0.3, -0.25) is 4.79 Å². The lowest BCUT2D eigenvalue weighted by Crippen LogP contribution is -2.14. The second-order valence-corrected chi connectivity index (χ2v) is 5.19. The van der Waals surface area contributed by atoms with Gasteiger partial charge in [0.25, 0.3) is 0 Å². The van der Waals surface area contributed by atoms with Crippen molar-refractivity contribution in [3.8, 4) is 6.07 Å². The average Bonchev–Trinajstić information content (AvgIpc) is 2.90. The highest BCUT2D eigenvalue weighted by molar-refractivity contribution is 6.30. The monoisotopic (exact) mass is 277 g/mol. The van der Waals surface area contributed by atoms with E-state index in [-0.39, 0.29) is 11.9 Å². The standard InChI is InChI=1S/C15H16ClNO2/c16-12-4-1-3-11(9-12)14(10-17)15(18)7-6-13-5-2-8-19-13/h1,3-4,9,13-14H,2,5-8H2. The van der Waals surface area contributed by atoms with E-state index in [1.54, 1.807) is 24.3 Å². The molecule has 19 heavy (non-hydrogen) atoms. The molecule has 2 atom stereocenters. The van der Waals surface area contributed by atoms with Crippen LogP contribution < -0.4 is 0 Å². The lowest BCUT2D eigenvalue weighted by molar-refractivity contribution is -0.120. The molecule has 1 aliphatic rings. The van der Waals surface area contributed by atoms with Crippen molar-refractivity contribution in [3.05, 3.63) is 34.9 Å². The summed E-state index contributed by atoms with van der Waals surface area (Å²) < 4.78 is 5.49. The zero-order chi connectivity index (χ0) is 13.7. The minimum absolute atomic E-state index is 0.0553. The van der Waals surface area contributed by atoms with Gasteiger partial charge >= 0.3 is 0 Å². The molecule has 3 nitrogen and oxygen atoms in total. The third-order valence-corrected chi connectivity index (χ3v) is 3.60. The smallest absolute Gasteiger partial charge is 0.154 e. The van der Waals surface area contributed by atoms with Gasteiger partial charge < -0.3 is 4.74 Å². The lowest BCUT2D eigenvalue weighted by atomic mass is 9.92. The van der Waals surface area contributed by atoms with Crippen LogP contribution in [0.25, 0.3) is 0 Å². The van der Waals surface area contributed by atoms with Crippen molar-refractivity contribution in [1.82, 2.24) is 0 Å². The molecule has 0 spiro atoms. The summed E-state index contributed by atoms with van der Waals surface area (Å²) in [6.07, 6.45) is 3.35. The molecule has 4 heteroatoms. The quantitative estimate of drug-likeness (QED) is 0.828. The second-order valence-electron chi connectivity index (χ2n) is 4.76. The first kappa shape index (κ1) is 14.0. The molecule has 1 heterocycles. The number of rotatable bonds is 5. The summed E-state index contributed by atoms with van der Waals surface area (Å²) in [5, 5.41) is 9.73. The van der Waals surface area contributed by atoms with Crippen LogP contribution in [0.1, 0.15) is 37.2 Å². The van der Waals surface area contributed by atoms with Crippen molar-refractivity contribution in [2.75, 3.05) is 6.61 Å². The van der Waals surface area contributed by atoms with Crippen molar-refractivity contribution < 1.29 is 9.53 Å². The average molecular weight is 278 g/mol. The van der Waals surface area contributed by atoms with Crippen LogP contribution in [-0.4, -0.2) is 18.5 Å². The Morgan fingerprint density at radius 1 is 1.58 bits per heavy atom. The first-order valence-corrected chi connectivity index (χ1v) is 6.88. The predicted molar refractivity (Wildman–Crippen MR) is 73.0 cm³/mol. The zero-order valence-electron chi connectivity index (χ0n) is 10.6. The Kier molecular flexibility index (Phi) is 4.95. The van der Waals surface area contributed by atoms with Crippen LogP contribution in [0.3, 0.4) is 0 Å². The topological polar surface area (TPSA) is 50.1 Å². The molecule has 1 saturated heterocycles. The molecular weight excluding hydrogens is 262 g/mol. The normalized spacial score (nSPS) is 19.9. The first-order chi connectivity index (χ1) is 9.20. The van der Waals surface area contributed by atoms with Gasteiger partial charge in [0.15, 0.2) is 5.78 Å². The number of carbonyl (C=O) groups excluding carboxylic acids is 1. The molecule has 1 fully saturated rings. The van der Waals surface area contributed by atoms with E-state index in [2.05, 4.69) is 6.07 Å². The van der Waals surface area contributed by atoms with Crippen LogP contribution in [0.15, 0.2) is 24.3 Å². The fraction of sp³-hybridized carbons (Fsp3) is 0.467. The summed E-state index contributed by atoms with van der Waals surface area (Å²) in [5.74, 6) is -0.777. The van der Waals surface area contributed by atoms with E-state index >= 15 is 0 Å². The molecule has 0 N–H and O–H groups in total. The van der Waals surface area contributed by atoms with Crippen molar-refractivity contribution in [2.45, 2.75) is 37.7 Å². The van der Waals surface area contributed by atoms with Gasteiger partial charge in [0.05, 0.1) is 12.2 Å². The highest BCUT2D eigenvalue weighted by Gasteiger charge is 2.23. The highest BCUT2D eigenvalue weighted by atomic mass is 35.5. The van der Waals surface area contributed by atoms with Crippen LogP contribution in [0, 0.1) is 11.3 Å². The molecule has 1 aromatic rings. The number of nitriles is 1. The molecule has 1 aromatic carbocycles. The summed E-state index contributed by atoms with van der Waals surface area (Å²) in [4.78, 5) is 12.1. The van der Waals surface area contributed by atoms with E-state index in [1.807, 2.05) is 0 Å².